The molecule has 9 amide bonds. The highest BCUT2D eigenvalue weighted by Crippen LogP contribution is 2.42. The Morgan fingerprint density at radius 1 is 0.297 bits per heavy atom. The van der Waals surface area contributed by atoms with E-state index >= 15 is 0 Å². The third-order valence-corrected chi connectivity index (χ3v) is 27.4. The molecule has 0 saturated heterocycles. The number of ether oxygens (including phenoxy) is 10. The van der Waals surface area contributed by atoms with Crippen LogP contribution in [0.1, 0.15) is 233 Å². The Kier molecular flexibility index (Phi) is 46.4. The number of hydrogen-bond acceptors (Lipinski definition) is 17. The molecule has 1 saturated carbocycles. The first-order valence-electron chi connectivity index (χ1n) is 52.1. The van der Waals surface area contributed by atoms with E-state index in [0.29, 0.717) is 68.8 Å². The van der Waals surface area contributed by atoms with Crippen molar-refractivity contribution in [2.24, 2.45) is 5.92 Å². The molecule has 8 aliphatic carbocycles. The molecule has 0 bridgehead atoms. The van der Waals surface area contributed by atoms with E-state index < -0.39 is 0 Å². The summed E-state index contributed by atoms with van der Waals surface area (Å²) >= 11 is 0. The number of carbonyl (C=O) groups is 7. The van der Waals surface area contributed by atoms with Crippen molar-refractivity contribution in [2.45, 2.75) is 201 Å². The van der Waals surface area contributed by atoms with Crippen LogP contribution in [0.15, 0.2) is 206 Å². The Labute approximate surface area is 875 Å². The fourth-order valence-electron chi connectivity index (χ4n) is 19.2. The molecule has 17 rings (SSSR count). The molecule has 9 aromatic carbocycles. The zero-order valence-electron chi connectivity index (χ0n) is 89.1. The molecule has 26 heteroatoms. The Hall–Kier alpha value is -14.7. The highest BCUT2D eigenvalue weighted by molar-refractivity contribution is 5.92. The molecule has 0 heterocycles. The molecule has 0 aliphatic heterocycles. The van der Waals surface area contributed by atoms with E-state index in [0.717, 1.165) is 187 Å². The second kappa shape index (κ2) is 60.4. The SMILES string of the molecule is CCCCC(=O)NC/C=C1\CCCc2ccc(OC)cc21.COc1ccc(NC(=O)NC/C=C2\CCCc3ccc(OC)cc32)c(OC)c1.COc1ccc(NC(=O)NC/C=C2\CCCc3ccc(OC)cc32)cc1.COc1ccc2c(c1)/C(=C/CNC(=O)C1CC1)CCC2.COc1ccc2c(c1)/C(=C/CNC(C)=O)CCC2.COc1ccc2c(c1)/C(=C\CNC(C)=O)CCC2.COc1ccc2c(c1)C(CCNC(C)=O)CC2. The van der Waals surface area contributed by atoms with Gasteiger partial charge >= 0.3 is 12.1 Å². The third kappa shape index (κ3) is 35.9. The van der Waals surface area contributed by atoms with Gasteiger partial charge in [0.15, 0.2) is 0 Å². The number of aryl methyl sites for hydroxylation is 7. The second-order valence-electron chi connectivity index (χ2n) is 37.5. The number of urea groups is 2. The van der Waals surface area contributed by atoms with Crippen LogP contribution in [0.3, 0.4) is 0 Å². The van der Waals surface area contributed by atoms with Gasteiger partial charge in [0, 0.05) is 90.7 Å². The van der Waals surface area contributed by atoms with Gasteiger partial charge in [0.2, 0.25) is 29.5 Å². The van der Waals surface area contributed by atoms with Crippen molar-refractivity contribution in [3.63, 3.8) is 0 Å². The minimum absolute atomic E-state index is 0.00789. The highest BCUT2D eigenvalue weighted by Gasteiger charge is 2.30. The second-order valence-corrected chi connectivity index (χ2v) is 37.5. The number of carbonyl (C=O) groups excluding carboxylic acids is 7. The summed E-state index contributed by atoms with van der Waals surface area (Å²) in [5.41, 5.74) is 27.6. The van der Waals surface area contributed by atoms with Crippen molar-refractivity contribution in [3.05, 3.63) is 284 Å². The smallest absolute Gasteiger partial charge is 0.319 e. The Morgan fingerprint density at radius 3 is 0.932 bits per heavy atom. The molecular formula is C122H153N9O17. The number of amides is 9. The molecule has 8 aliphatic rings. The van der Waals surface area contributed by atoms with Crippen LogP contribution in [-0.4, -0.2) is 159 Å². The van der Waals surface area contributed by atoms with Gasteiger partial charge < -0.3 is 95.2 Å². The van der Waals surface area contributed by atoms with E-state index in [4.69, 9.17) is 47.4 Å². The summed E-state index contributed by atoms with van der Waals surface area (Å²) in [6.45, 7) is 10.9. The third-order valence-electron chi connectivity index (χ3n) is 27.4. The summed E-state index contributed by atoms with van der Waals surface area (Å²) in [5, 5.41) is 25.8. The first-order chi connectivity index (χ1) is 72.0. The first-order valence-corrected chi connectivity index (χ1v) is 52.1. The molecular weight excluding hydrogens is 1860 g/mol. The predicted molar refractivity (Wildman–Crippen MR) is 593 cm³/mol. The summed E-state index contributed by atoms with van der Waals surface area (Å²) < 4.78 is 52.7. The van der Waals surface area contributed by atoms with Crippen LogP contribution in [0.25, 0.3) is 33.4 Å². The molecule has 9 N–H and O–H groups in total. The minimum Gasteiger partial charge on any atom is -0.497 e. The van der Waals surface area contributed by atoms with Gasteiger partial charge in [-0.1, -0.05) is 92.3 Å². The summed E-state index contributed by atoms with van der Waals surface area (Å²) in [4.78, 5) is 80.2. The number of nitrogens with one attached hydrogen (secondary N) is 9. The fourth-order valence-corrected chi connectivity index (χ4v) is 19.2. The molecule has 0 radical (unpaired) electrons. The van der Waals surface area contributed by atoms with Crippen molar-refractivity contribution in [1.82, 2.24) is 37.2 Å². The van der Waals surface area contributed by atoms with Gasteiger partial charge in [-0.2, -0.15) is 0 Å². The lowest BCUT2D eigenvalue weighted by molar-refractivity contribution is -0.122. The Bertz CT molecular complexity index is 6060. The molecule has 1 atom stereocenters. The lowest BCUT2D eigenvalue weighted by Gasteiger charge is -2.20. The summed E-state index contributed by atoms with van der Waals surface area (Å²) in [6.07, 6.45) is 40.7. The molecule has 26 nitrogen and oxygen atoms in total. The summed E-state index contributed by atoms with van der Waals surface area (Å²) in [7, 11) is 16.6. The zero-order chi connectivity index (χ0) is 105. The number of rotatable bonds is 31. The Morgan fingerprint density at radius 2 is 0.601 bits per heavy atom. The van der Waals surface area contributed by atoms with Gasteiger partial charge in [0.05, 0.1) is 76.8 Å². The quantitative estimate of drug-likeness (QED) is 0.0195. The van der Waals surface area contributed by atoms with Gasteiger partial charge in [-0.05, 0) is 393 Å². The highest BCUT2D eigenvalue weighted by atomic mass is 16.5. The van der Waals surface area contributed by atoms with Crippen molar-refractivity contribution in [1.29, 1.82) is 0 Å². The standard InChI is InChI=1S/C22H26N2O4.C21H24N2O3.C18H25NO2.C17H21NO2.2C15H19NO2.C14H19NO2/c1-26-17-8-7-15-5-4-6-16(19(15)13-17)11-12-23-22(25)24-20-10-9-18(27-2)14-21(20)28-3;1-25-18-10-7-17(8-11-18)23-21(24)22-13-12-16-5-3-4-15-6-9-19(26-2)14-20(15)16;1-3-4-8-18(20)19-12-11-15-7-5-6-14-9-10-16(21-2)13-17(14)15;1-20-15-8-7-12-3-2-4-13(16(12)11-15)9-10-18-17(19)14-5-6-14;2*1-11(17)16-9-8-13-5-3-4-12-6-7-14(18-2)10-15(12)13;1-10(16)15-8-7-12-4-3-11-5-6-13(17-2)9-14(11)12/h7-11,13-14H,4-6,12H2,1-3H3,(H2,23,24,25);6-12,14H,3-5,13H2,1-2H3,(H2,22,23,24);9-11,13H,3-8,12H2,1-2H3,(H,19,20);7-9,11,14H,2-6,10H2,1H3,(H,18,19);2*6-8,10H,3-5,9H2,1-2H3,(H,16,17);5-6,9,12H,3-4,7-8H2,1-2H3,(H,15,16)/b16-11+;16-12+;15-11+;13-9+;13-8+;13-8-;. The summed E-state index contributed by atoms with van der Waals surface area (Å²) in [6, 6.07) is 55.7. The average molecular weight is 2020 g/mol. The molecule has 0 spiro atoms. The zero-order valence-corrected chi connectivity index (χ0v) is 89.1. The largest absolute Gasteiger partial charge is 0.497 e. The number of fused-ring (bicyclic) bond motifs is 7. The maximum atomic E-state index is 12.3. The molecule has 9 aromatic rings. The van der Waals surface area contributed by atoms with E-state index in [9.17, 15) is 33.6 Å². The normalized spacial score (nSPS) is 16.1. The number of unbranched alkanes of at least 4 members (excludes halogenated alkanes) is 1. The molecule has 1 fully saturated rings. The fraction of sp³-hybridized carbons (Fsp3) is 0.402. The molecule has 0 aromatic heterocycles. The van der Waals surface area contributed by atoms with Crippen molar-refractivity contribution in [2.75, 3.05) is 128 Å². The maximum Gasteiger partial charge on any atom is 0.319 e. The van der Waals surface area contributed by atoms with E-state index in [2.05, 4.69) is 176 Å². The van der Waals surface area contributed by atoms with Crippen LogP contribution in [0.4, 0.5) is 21.0 Å². The van der Waals surface area contributed by atoms with E-state index in [1.54, 1.807) is 108 Å². The number of allylic oxidation sites excluding steroid dienone is 6. The monoisotopic (exact) mass is 2020 g/mol. The van der Waals surface area contributed by atoms with Gasteiger partial charge in [0.1, 0.15) is 57.5 Å². The van der Waals surface area contributed by atoms with Gasteiger partial charge in [-0.25, -0.2) is 9.59 Å². The predicted octanol–water partition coefficient (Wildman–Crippen LogP) is 22.5. The van der Waals surface area contributed by atoms with Crippen LogP contribution in [0, 0.1) is 5.92 Å². The van der Waals surface area contributed by atoms with Crippen LogP contribution in [0.5, 0.6) is 57.5 Å². The van der Waals surface area contributed by atoms with E-state index in [1.165, 1.54) is 157 Å². The maximum absolute atomic E-state index is 12.3. The lowest BCUT2D eigenvalue weighted by atomic mass is 9.87. The molecule has 148 heavy (non-hydrogen) atoms. The van der Waals surface area contributed by atoms with E-state index in [-0.39, 0.29) is 47.5 Å². The summed E-state index contributed by atoms with van der Waals surface area (Å²) in [5.74, 6) is 9.45. The Balaban J connectivity index is 0.000000165. The van der Waals surface area contributed by atoms with Gasteiger partial charge in [-0.15, -0.1) is 0 Å². The van der Waals surface area contributed by atoms with Crippen molar-refractivity contribution < 1.29 is 80.9 Å². The molecule has 1 unspecified atom stereocenters. The van der Waals surface area contributed by atoms with Gasteiger partial charge in [-0.3, -0.25) is 24.0 Å². The van der Waals surface area contributed by atoms with Crippen LogP contribution < -0.4 is 95.2 Å². The van der Waals surface area contributed by atoms with E-state index in [1.807, 2.05) is 54.6 Å². The number of benzene rings is 9. The van der Waals surface area contributed by atoms with Crippen LogP contribution in [-0.2, 0) is 68.9 Å². The van der Waals surface area contributed by atoms with Crippen LogP contribution in [0.2, 0.25) is 0 Å². The minimum atomic E-state index is -0.290. The van der Waals surface area contributed by atoms with Crippen molar-refractivity contribution in [3.8, 4) is 57.5 Å². The number of methoxy groups -OCH3 is 10. The number of anilines is 2. The first kappa shape index (κ1) is 114. The average Bonchev–Trinajstić information content (AvgIpc) is 1.61. The van der Waals surface area contributed by atoms with Crippen LogP contribution >= 0.6 is 0 Å². The van der Waals surface area contributed by atoms with Crippen molar-refractivity contribution >= 4 is 86.4 Å². The number of hydrogen-bond donors (Lipinski definition) is 9. The molecule has 788 valence electrons. The lowest BCUT2D eigenvalue weighted by Crippen LogP contribution is -2.29. The topological polar surface area (TPSA) is 320 Å². The van der Waals surface area contributed by atoms with Gasteiger partial charge in [0.25, 0.3) is 0 Å².